The third-order valence-electron chi connectivity index (χ3n) is 10.9. The second-order valence-electron chi connectivity index (χ2n) is 13.8. The number of nitrogens with zero attached hydrogens (tertiary/aromatic N) is 4. The molecular formula is C49H30N4O. The van der Waals surface area contributed by atoms with Crippen LogP contribution in [0.1, 0.15) is 22.3 Å². The number of fused-ring (bicyclic) bond motifs is 10. The van der Waals surface area contributed by atoms with E-state index in [9.17, 15) is 0 Å². The van der Waals surface area contributed by atoms with Crippen molar-refractivity contribution in [1.29, 1.82) is 0 Å². The third-order valence-corrected chi connectivity index (χ3v) is 10.9. The highest BCUT2D eigenvalue weighted by molar-refractivity contribution is 5.95. The van der Waals surface area contributed by atoms with Crippen LogP contribution >= 0.6 is 0 Å². The Hall–Kier alpha value is -7.24. The van der Waals surface area contributed by atoms with E-state index in [2.05, 4.69) is 138 Å². The maximum absolute atomic E-state index is 7.01. The Morgan fingerprint density at radius 2 is 0.963 bits per heavy atom. The van der Waals surface area contributed by atoms with E-state index in [1.807, 2.05) is 42.6 Å². The molecule has 0 atom stereocenters. The van der Waals surface area contributed by atoms with Crippen molar-refractivity contribution in [3.63, 3.8) is 0 Å². The predicted molar refractivity (Wildman–Crippen MR) is 214 cm³/mol. The second kappa shape index (κ2) is 11.9. The van der Waals surface area contributed by atoms with E-state index in [-0.39, 0.29) is 0 Å². The maximum atomic E-state index is 7.01. The van der Waals surface area contributed by atoms with Gasteiger partial charge in [0.1, 0.15) is 11.5 Å². The van der Waals surface area contributed by atoms with E-state index in [1.54, 1.807) is 6.20 Å². The standard InChI is InChI=1S/C49H30N4O/c1-2-13-32(14-3-1)46-51-47(53-48(52-46)39-20-10-15-31-12-4-5-17-36(31)39)34-24-26-43-45(29-34)54-44-28-33(35-16-11-27-50-30-35)23-25-42(44)49(43)40-21-8-6-18-37(40)38-19-7-9-22-41(38)49/h1-30H. The quantitative estimate of drug-likeness (QED) is 0.184. The van der Waals surface area contributed by atoms with Crippen molar-refractivity contribution in [1.82, 2.24) is 19.9 Å². The van der Waals surface area contributed by atoms with Crippen LogP contribution in [0.25, 0.3) is 67.2 Å². The Balaban J connectivity index is 1.15. The molecule has 9 aromatic rings. The summed E-state index contributed by atoms with van der Waals surface area (Å²) in [4.78, 5) is 19.7. The van der Waals surface area contributed by atoms with Gasteiger partial charge in [-0.15, -0.1) is 0 Å². The third kappa shape index (κ3) is 4.52. The van der Waals surface area contributed by atoms with E-state index in [0.29, 0.717) is 17.5 Å². The lowest BCUT2D eigenvalue weighted by atomic mass is 9.66. The molecule has 0 saturated carbocycles. The zero-order valence-electron chi connectivity index (χ0n) is 29.0. The first-order valence-electron chi connectivity index (χ1n) is 18.1. The minimum atomic E-state index is -0.593. The summed E-state index contributed by atoms with van der Waals surface area (Å²) in [5.41, 5.74) is 11.3. The number of benzene rings is 7. The fraction of sp³-hybridized carbons (Fsp3) is 0.0204. The summed E-state index contributed by atoms with van der Waals surface area (Å²) in [6, 6.07) is 59.4. The summed E-state index contributed by atoms with van der Waals surface area (Å²) < 4.78 is 7.01. The van der Waals surface area contributed by atoms with Gasteiger partial charge in [-0.25, -0.2) is 15.0 Å². The molecule has 0 N–H and O–H groups in total. The van der Waals surface area contributed by atoms with Crippen molar-refractivity contribution in [3.8, 4) is 67.9 Å². The molecular weight excluding hydrogens is 661 g/mol. The lowest BCUT2D eigenvalue weighted by Gasteiger charge is -2.39. The number of aromatic nitrogens is 4. The topological polar surface area (TPSA) is 60.8 Å². The Bertz CT molecular complexity index is 2870. The van der Waals surface area contributed by atoms with Crippen LogP contribution in [0.2, 0.25) is 0 Å². The average molecular weight is 691 g/mol. The van der Waals surface area contributed by atoms with Gasteiger partial charge in [0.2, 0.25) is 0 Å². The van der Waals surface area contributed by atoms with Gasteiger partial charge in [0.25, 0.3) is 0 Å². The molecule has 0 saturated heterocycles. The van der Waals surface area contributed by atoms with Crippen LogP contribution in [-0.4, -0.2) is 19.9 Å². The number of pyridine rings is 1. The molecule has 3 heterocycles. The van der Waals surface area contributed by atoms with E-state index in [1.165, 1.54) is 22.3 Å². The maximum Gasteiger partial charge on any atom is 0.164 e. The highest BCUT2D eigenvalue weighted by atomic mass is 16.5. The molecule has 2 aliphatic rings. The van der Waals surface area contributed by atoms with Crippen LogP contribution in [0.15, 0.2) is 182 Å². The van der Waals surface area contributed by atoms with Crippen molar-refractivity contribution in [2.45, 2.75) is 5.41 Å². The molecule has 252 valence electrons. The first-order valence-corrected chi connectivity index (χ1v) is 18.1. The zero-order chi connectivity index (χ0) is 35.6. The summed E-state index contributed by atoms with van der Waals surface area (Å²) in [6.07, 6.45) is 3.69. The lowest BCUT2D eigenvalue weighted by Crippen LogP contribution is -2.32. The molecule has 7 aromatic carbocycles. The van der Waals surface area contributed by atoms with Gasteiger partial charge in [-0.05, 0) is 56.8 Å². The van der Waals surface area contributed by atoms with Crippen LogP contribution in [0.4, 0.5) is 0 Å². The lowest BCUT2D eigenvalue weighted by molar-refractivity contribution is 0.437. The molecule has 0 fully saturated rings. The van der Waals surface area contributed by atoms with Gasteiger partial charge in [0, 0.05) is 45.8 Å². The van der Waals surface area contributed by atoms with Crippen LogP contribution in [0, 0.1) is 0 Å². The fourth-order valence-electron chi connectivity index (χ4n) is 8.53. The average Bonchev–Trinajstić information content (AvgIpc) is 3.54. The van der Waals surface area contributed by atoms with E-state index < -0.39 is 5.41 Å². The van der Waals surface area contributed by atoms with Crippen molar-refractivity contribution < 1.29 is 4.74 Å². The largest absolute Gasteiger partial charge is 0.457 e. The van der Waals surface area contributed by atoms with Crippen molar-refractivity contribution in [3.05, 3.63) is 205 Å². The summed E-state index contributed by atoms with van der Waals surface area (Å²) in [5.74, 6) is 3.39. The van der Waals surface area contributed by atoms with Crippen LogP contribution in [0.3, 0.4) is 0 Å². The normalized spacial score (nSPS) is 13.1. The van der Waals surface area contributed by atoms with Gasteiger partial charge in [-0.3, -0.25) is 4.98 Å². The van der Waals surface area contributed by atoms with Crippen molar-refractivity contribution >= 4 is 10.8 Å². The summed E-state index contributed by atoms with van der Waals surface area (Å²) in [7, 11) is 0. The minimum Gasteiger partial charge on any atom is -0.457 e. The molecule has 0 amide bonds. The smallest absolute Gasteiger partial charge is 0.164 e. The highest BCUT2D eigenvalue weighted by Gasteiger charge is 2.51. The fourth-order valence-corrected chi connectivity index (χ4v) is 8.53. The molecule has 2 aromatic heterocycles. The number of hydrogen-bond acceptors (Lipinski definition) is 5. The van der Waals surface area contributed by atoms with Gasteiger partial charge < -0.3 is 4.74 Å². The van der Waals surface area contributed by atoms with Crippen molar-refractivity contribution in [2.75, 3.05) is 0 Å². The summed E-state index contributed by atoms with van der Waals surface area (Å²) in [5, 5.41) is 2.22. The van der Waals surface area contributed by atoms with Crippen LogP contribution in [0.5, 0.6) is 11.5 Å². The molecule has 5 nitrogen and oxygen atoms in total. The molecule has 1 aliphatic carbocycles. The van der Waals surface area contributed by atoms with Gasteiger partial charge in [-0.1, -0.05) is 152 Å². The van der Waals surface area contributed by atoms with E-state index in [0.717, 1.165) is 61.2 Å². The van der Waals surface area contributed by atoms with Gasteiger partial charge in [-0.2, -0.15) is 0 Å². The molecule has 1 aliphatic heterocycles. The van der Waals surface area contributed by atoms with Crippen molar-refractivity contribution in [2.24, 2.45) is 0 Å². The van der Waals surface area contributed by atoms with Crippen LogP contribution < -0.4 is 4.74 Å². The Morgan fingerprint density at radius 1 is 0.389 bits per heavy atom. The zero-order valence-corrected chi connectivity index (χ0v) is 29.0. The number of rotatable bonds is 4. The van der Waals surface area contributed by atoms with Gasteiger partial charge >= 0.3 is 0 Å². The number of hydrogen-bond donors (Lipinski definition) is 0. The molecule has 0 bridgehead atoms. The molecule has 0 radical (unpaired) electrons. The van der Waals surface area contributed by atoms with Gasteiger partial charge in [0.05, 0.1) is 5.41 Å². The molecule has 0 unspecified atom stereocenters. The first-order chi connectivity index (χ1) is 26.8. The predicted octanol–water partition coefficient (Wildman–Crippen LogP) is 11.6. The molecule has 11 rings (SSSR count). The summed E-state index contributed by atoms with van der Waals surface area (Å²) >= 11 is 0. The number of ether oxygens (including phenoxy) is 1. The van der Waals surface area contributed by atoms with Crippen LogP contribution in [-0.2, 0) is 5.41 Å². The Labute approximate surface area is 312 Å². The highest BCUT2D eigenvalue weighted by Crippen LogP contribution is 2.62. The molecule has 1 spiro atoms. The monoisotopic (exact) mass is 690 g/mol. The SMILES string of the molecule is c1ccc(-c2nc(-c3ccc4c(c3)Oc3cc(-c5cccnc5)ccc3C43c4ccccc4-c4ccccc43)nc(-c3cccc4ccccc34)n2)cc1. The van der Waals surface area contributed by atoms with Gasteiger partial charge in [0.15, 0.2) is 17.5 Å². The minimum absolute atomic E-state index is 0.578. The Kier molecular flexibility index (Phi) is 6.70. The molecule has 5 heteroatoms. The summed E-state index contributed by atoms with van der Waals surface area (Å²) in [6.45, 7) is 0. The van der Waals surface area contributed by atoms with E-state index >= 15 is 0 Å². The van der Waals surface area contributed by atoms with E-state index in [4.69, 9.17) is 19.7 Å². The molecule has 54 heavy (non-hydrogen) atoms. The Morgan fingerprint density at radius 3 is 1.70 bits per heavy atom. The first kappa shape index (κ1) is 30.4. The second-order valence-corrected chi connectivity index (χ2v) is 13.8.